The second-order valence-electron chi connectivity index (χ2n) is 5.81. The third-order valence-corrected chi connectivity index (χ3v) is 4.10. The van der Waals surface area contributed by atoms with Gasteiger partial charge in [-0.15, -0.1) is 0 Å². The summed E-state index contributed by atoms with van der Waals surface area (Å²) in [6, 6.07) is 7.64. The normalized spacial score (nSPS) is 19.0. The minimum atomic E-state index is 0.113. The monoisotopic (exact) mass is 315 g/mol. The molecule has 0 saturated carbocycles. The highest BCUT2D eigenvalue weighted by Gasteiger charge is 2.31. The van der Waals surface area contributed by atoms with Gasteiger partial charge in [-0.05, 0) is 43.5 Å². The quantitative estimate of drug-likeness (QED) is 0.723. The van der Waals surface area contributed by atoms with Crippen LogP contribution in [-0.2, 0) is 11.3 Å². The van der Waals surface area contributed by atoms with E-state index in [1.165, 1.54) is 0 Å². The van der Waals surface area contributed by atoms with Crippen molar-refractivity contribution in [1.29, 1.82) is 0 Å². The van der Waals surface area contributed by atoms with Gasteiger partial charge in [0.15, 0.2) is 0 Å². The van der Waals surface area contributed by atoms with E-state index in [4.69, 9.17) is 11.6 Å². The molecule has 0 bridgehead atoms. The second-order valence-corrected chi connectivity index (χ2v) is 6.25. The van der Waals surface area contributed by atoms with Gasteiger partial charge < -0.3 is 4.90 Å². The summed E-state index contributed by atoms with van der Waals surface area (Å²) in [6.45, 7) is 11.2. The van der Waals surface area contributed by atoms with Crippen molar-refractivity contribution < 1.29 is 4.79 Å². The van der Waals surface area contributed by atoms with Gasteiger partial charge in [-0.3, -0.25) is 4.79 Å². The second kappa shape index (κ2) is 6.97. The van der Waals surface area contributed by atoms with Gasteiger partial charge in [-0.2, -0.15) is 0 Å². The minimum absolute atomic E-state index is 0.113. The largest absolute Gasteiger partial charge is 0.330 e. The van der Waals surface area contributed by atoms with Crippen LogP contribution in [0, 0.1) is 0 Å². The number of amides is 1. The highest BCUT2D eigenvalue weighted by atomic mass is 35.5. The summed E-state index contributed by atoms with van der Waals surface area (Å²) in [7, 11) is 0. The molecule has 1 aromatic rings. The Kier molecular flexibility index (Phi) is 5.25. The fourth-order valence-electron chi connectivity index (χ4n) is 2.64. The molecule has 1 fully saturated rings. The van der Waals surface area contributed by atoms with Gasteiger partial charge >= 0.3 is 0 Å². The van der Waals surface area contributed by atoms with Gasteiger partial charge in [0.1, 0.15) is 0 Å². The van der Waals surface area contributed by atoms with Gasteiger partial charge in [-0.1, -0.05) is 54.5 Å². The third kappa shape index (κ3) is 3.69. The first-order valence-corrected chi connectivity index (χ1v) is 7.90. The van der Waals surface area contributed by atoms with E-state index in [1.807, 2.05) is 49.1 Å². The Hall–Kier alpha value is -1.80. The summed E-state index contributed by atoms with van der Waals surface area (Å²) in [4.78, 5) is 14.6. The standard InChI is InChI=1S/C19H22ClNO/c1-5-14(4)18-16(10-13(2)3)12-21(19(18)22)11-15-6-8-17(20)9-7-15/h6-10H,2,5,11-12H2,1,3-4H3/b16-10-,18-14-. The number of carbonyl (C=O) groups is 1. The van der Waals surface area contributed by atoms with E-state index in [-0.39, 0.29) is 5.91 Å². The predicted octanol–water partition coefficient (Wildman–Crippen LogP) is 4.91. The molecule has 2 rings (SSSR count). The maximum atomic E-state index is 12.7. The lowest BCUT2D eigenvalue weighted by atomic mass is 10.0. The lowest BCUT2D eigenvalue weighted by molar-refractivity contribution is -0.125. The first-order chi connectivity index (χ1) is 10.4. The molecule has 0 spiro atoms. The summed E-state index contributed by atoms with van der Waals surface area (Å²) in [5, 5.41) is 0.710. The van der Waals surface area contributed by atoms with Gasteiger partial charge in [0.05, 0.1) is 0 Å². The molecule has 1 saturated heterocycles. The molecular formula is C19H22ClNO. The molecule has 2 nitrogen and oxygen atoms in total. The van der Waals surface area contributed by atoms with E-state index in [0.717, 1.165) is 34.3 Å². The van der Waals surface area contributed by atoms with E-state index in [1.54, 1.807) is 0 Å². The van der Waals surface area contributed by atoms with Crippen LogP contribution < -0.4 is 0 Å². The Labute approximate surface area is 137 Å². The van der Waals surface area contributed by atoms with Crippen molar-refractivity contribution in [3.05, 3.63) is 69.8 Å². The maximum Gasteiger partial charge on any atom is 0.254 e. The molecule has 116 valence electrons. The van der Waals surface area contributed by atoms with Gasteiger partial charge in [0.25, 0.3) is 5.91 Å². The van der Waals surface area contributed by atoms with E-state index in [9.17, 15) is 4.79 Å². The molecule has 0 aromatic heterocycles. The SMILES string of the molecule is C=C(C)/C=C1/CN(Cc2ccc(Cl)cc2)C(=O)/C1=C(/C)CC. The molecular weight excluding hydrogens is 294 g/mol. The van der Waals surface area contributed by atoms with Crippen LogP contribution in [0.2, 0.25) is 5.02 Å². The lowest BCUT2D eigenvalue weighted by Gasteiger charge is -2.15. The smallest absolute Gasteiger partial charge is 0.254 e. The Morgan fingerprint density at radius 1 is 1.32 bits per heavy atom. The minimum Gasteiger partial charge on any atom is -0.330 e. The zero-order chi connectivity index (χ0) is 16.3. The van der Waals surface area contributed by atoms with Crippen LogP contribution in [-0.4, -0.2) is 17.4 Å². The molecule has 22 heavy (non-hydrogen) atoms. The van der Waals surface area contributed by atoms with Gasteiger partial charge in [0, 0.05) is 23.7 Å². The maximum absolute atomic E-state index is 12.7. The number of carbonyl (C=O) groups excluding carboxylic acids is 1. The predicted molar refractivity (Wildman–Crippen MR) is 92.8 cm³/mol. The zero-order valence-electron chi connectivity index (χ0n) is 13.4. The van der Waals surface area contributed by atoms with Crippen LogP contribution >= 0.6 is 11.6 Å². The van der Waals surface area contributed by atoms with E-state index in [0.29, 0.717) is 18.1 Å². The number of likely N-dealkylation sites (tertiary alicyclic amines) is 1. The zero-order valence-corrected chi connectivity index (χ0v) is 14.2. The van der Waals surface area contributed by atoms with Gasteiger partial charge in [-0.25, -0.2) is 0 Å². The van der Waals surface area contributed by atoms with Crippen molar-refractivity contribution in [2.45, 2.75) is 33.7 Å². The van der Waals surface area contributed by atoms with Crippen molar-refractivity contribution in [1.82, 2.24) is 4.90 Å². The van der Waals surface area contributed by atoms with E-state index >= 15 is 0 Å². The molecule has 0 atom stereocenters. The topological polar surface area (TPSA) is 20.3 Å². The first kappa shape index (κ1) is 16.6. The average Bonchev–Trinajstić information content (AvgIpc) is 2.76. The Balaban J connectivity index is 2.30. The molecule has 1 aromatic carbocycles. The van der Waals surface area contributed by atoms with Crippen molar-refractivity contribution >= 4 is 17.5 Å². The number of benzene rings is 1. The molecule has 1 aliphatic heterocycles. The third-order valence-electron chi connectivity index (χ3n) is 3.85. The molecule has 1 aliphatic rings. The van der Waals surface area contributed by atoms with E-state index < -0.39 is 0 Å². The van der Waals surface area contributed by atoms with Crippen molar-refractivity contribution in [2.75, 3.05) is 6.54 Å². The molecule has 3 heteroatoms. The van der Waals surface area contributed by atoms with Crippen LogP contribution in [0.5, 0.6) is 0 Å². The summed E-state index contributed by atoms with van der Waals surface area (Å²) >= 11 is 5.91. The fraction of sp³-hybridized carbons (Fsp3) is 0.316. The van der Waals surface area contributed by atoms with Crippen molar-refractivity contribution in [3.8, 4) is 0 Å². The van der Waals surface area contributed by atoms with Crippen LogP contribution in [0.15, 0.2) is 59.2 Å². The van der Waals surface area contributed by atoms with E-state index in [2.05, 4.69) is 13.5 Å². The molecule has 1 amide bonds. The number of hydrogen-bond donors (Lipinski definition) is 0. The summed E-state index contributed by atoms with van der Waals surface area (Å²) in [5.74, 6) is 0.113. The highest BCUT2D eigenvalue weighted by molar-refractivity contribution is 6.30. The van der Waals surface area contributed by atoms with Crippen LogP contribution in [0.1, 0.15) is 32.8 Å². The molecule has 1 heterocycles. The van der Waals surface area contributed by atoms with Crippen molar-refractivity contribution in [3.63, 3.8) is 0 Å². The van der Waals surface area contributed by atoms with Crippen molar-refractivity contribution in [2.24, 2.45) is 0 Å². The summed E-state index contributed by atoms with van der Waals surface area (Å²) in [6.07, 6.45) is 2.90. The lowest BCUT2D eigenvalue weighted by Crippen LogP contribution is -2.24. The first-order valence-electron chi connectivity index (χ1n) is 7.52. The van der Waals surface area contributed by atoms with Crippen LogP contribution in [0.3, 0.4) is 0 Å². The molecule has 0 N–H and O–H groups in total. The van der Waals surface area contributed by atoms with Crippen LogP contribution in [0.25, 0.3) is 0 Å². The number of allylic oxidation sites excluding steroid dienone is 3. The number of nitrogens with zero attached hydrogens (tertiary/aromatic N) is 1. The fourth-order valence-corrected chi connectivity index (χ4v) is 2.76. The molecule has 0 unspecified atom stereocenters. The Morgan fingerprint density at radius 3 is 2.50 bits per heavy atom. The summed E-state index contributed by atoms with van der Waals surface area (Å²) in [5.41, 5.74) is 5.13. The van der Waals surface area contributed by atoms with Gasteiger partial charge in [0.2, 0.25) is 0 Å². The van der Waals surface area contributed by atoms with Crippen LogP contribution in [0.4, 0.5) is 0 Å². The summed E-state index contributed by atoms with van der Waals surface area (Å²) < 4.78 is 0. The molecule has 0 radical (unpaired) electrons. The Morgan fingerprint density at radius 2 is 1.95 bits per heavy atom. The molecule has 0 aliphatic carbocycles. The average molecular weight is 316 g/mol. The Bertz CT molecular complexity index is 653. The highest BCUT2D eigenvalue weighted by Crippen LogP contribution is 2.29. The number of rotatable bonds is 4. The number of hydrogen-bond acceptors (Lipinski definition) is 1. The number of halogens is 1.